The van der Waals surface area contributed by atoms with Gasteiger partial charge in [-0.2, -0.15) is 0 Å². The highest BCUT2D eigenvalue weighted by Crippen LogP contribution is 2.22. The number of nitrogens with one attached hydrogen (secondary N) is 1. The van der Waals surface area contributed by atoms with Crippen LogP contribution in [0.4, 0.5) is 0 Å². The highest BCUT2D eigenvalue weighted by atomic mass is 35.5. The molecule has 1 aliphatic heterocycles. The van der Waals surface area contributed by atoms with Crippen molar-refractivity contribution in [1.29, 1.82) is 0 Å². The summed E-state index contributed by atoms with van der Waals surface area (Å²) in [6, 6.07) is 0. The van der Waals surface area contributed by atoms with Crippen LogP contribution in [0.25, 0.3) is 0 Å². The minimum Gasteiger partial charge on any atom is -0.381 e. The van der Waals surface area contributed by atoms with Gasteiger partial charge in [-0.05, 0) is 25.2 Å². The monoisotopic (exact) mass is 219 g/mol. The molecule has 0 aromatic rings. The predicted molar refractivity (Wildman–Crippen MR) is 56.5 cm³/mol. The Morgan fingerprint density at radius 1 is 1.57 bits per heavy atom. The van der Waals surface area contributed by atoms with Crippen LogP contribution in [0, 0.1) is 5.92 Å². The number of rotatable bonds is 4. The molecule has 1 unspecified atom stereocenters. The Morgan fingerprint density at radius 3 is 2.79 bits per heavy atom. The van der Waals surface area contributed by atoms with E-state index in [0.29, 0.717) is 6.54 Å². The molecule has 1 rings (SSSR count). The molecule has 82 valence electrons. The number of ether oxygens (including phenoxy) is 1. The second-order valence-corrected chi connectivity index (χ2v) is 4.11. The Balaban J connectivity index is 2.30. The van der Waals surface area contributed by atoms with Gasteiger partial charge in [0.25, 0.3) is 0 Å². The predicted octanol–water partition coefficient (Wildman–Crippen LogP) is 1.55. The summed E-state index contributed by atoms with van der Waals surface area (Å²) in [5.74, 6) is 0.252. The molecule has 0 aromatic carbocycles. The van der Waals surface area contributed by atoms with Gasteiger partial charge >= 0.3 is 0 Å². The van der Waals surface area contributed by atoms with E-state index in [4.69, 9.17) is 16.3 Å². The van der Waals surface area contributed by atoms with E-state index in [1.54, 1.807) is 0 Å². The van der Waals surface area contributed by atoms with Crippen molar-refractivity contribution in [2.75, 3.05) is 19.8 Å². The maximum absolute atomic E-state index is 11.5. The van der Waals surface area contributed by atoms with E-state index in [-0.39, 0.29) is 17.2 Å². The fourth-order valence-corrected chi connectivity index (χ4v) is 1.90. The Morgan fingerprint density at radius 2 is 2.21 bits per heavy atom. The van der Waals surface area contributed by atoms with Crippen molar-refractivity contribution in [3.05, 3.63) is 0 Å². The first kappa shape index (κ1) is 11.8. The van der Waals surface area contributed by atoms with E-state index in [9.17, 15) is 4.79 Å². The number of carbonyl (C=O) groups excluding carboxylic acids is 1. The third-order valence-electron chi connectivity index (χ3n) is 2.48. The van der Waals surface area contributed by atoms with Crippen molar-refractivity contribution >= 4 is 17.5 Å². The van der Waals surface area contributed by atoms with E-state index in [2.05, 4.69) is 5.32 Å². The summed E-state index contributed by atoms with van der Waals surface area (Å²) in [7, 11) is 0. The summed E-state index contributed by atoms with van der Waals surface area (Å²) < 4.78 is 5.22. The molecule has 1 aliphatic rings. The molecule has 1 heterocycles. The third kappa shape index (κ3) is 3.46. The van der Waals surface area contributed by atoms with Crippen molar-refractivity contribution in [3.63, 3.8) is 0 Å². The fraction of sp³-hybridized carbons (Fsp3) is 0.900. The zero-order valence-electron chi connectivity index (χ0n) is 8.59. The van der Waals surface area contributed by atoms with Gasteiger partial charge in [-0.25, -0.2) is 0 Å². The minimum atomic E-state index is -0.384. The van der Waals surface area contributed by atoms with Gasteiger partial charge in [-0.1, -0.05) is 6.92 Å². The molecule has 0 spiro atoms. The van der Waals surface area contributed by atoms with Crippen molar-refractivity contribution in [2.45, 2.75) is 31.6 Å². The van der Waals surface area contributed by atoms with Crippen LogP contribution in [0.15, 0.2) is 0 Å². The molecule has 0 saturated carbocycles. The molecule has 3 nitrogen and oxygen atoms in total. The smallest absolute Gasteiger partial charge is 0.238 e. The van der Waals surface area contributed by atoms with Gasteiger partial charge in [0.1, 0.15) is 5.38 Å². The number of alkyl halides is 1. The molecule has 0 aromatic heterocycles. The average molecular weight is 220 g/mol. The highest BCUT2D eigenvalue weighted by molar-refractivity contribution is 6.30. The zero-order valence-corrected chi connectivity index (χ0v) is 9.35. The van der Waals surface area contributed by atoms with Gasteiger partial charge in [0.15, 0.2) is 0 Å². The van der Waals surface area contributed by atoms with Crippen molar-refractivity contribution in [2.24, 2.45) is 5.92 Å². The van der Waals surface area contributed by atoms with E-state index in [1.807, 2.05) is 6.92 Å². The van der Waals surface area contributed by atoms with Crippen molar-refractivity contribution < 1.29 is 9.53 Å². The summed E-state index contributed by atoms with van der Waals surface area (Å²) in [4.78, 5) is 11.5. The van der Waals surface area contributed by atoms with Gasteiger partial charge in [-0.3, -0.25) is 4.79 Å². The summed E-state index contributed by atoms with van der Waals surface area (Å²) in [5.41, 5.74) is 0. The Bertz CT molecular complexity index is 181. The molecule has 1 fully saturated rings. The number of hydrogen-bond acceptors (Lipinski definition) is 2. The fourth-order valence-electron chi connectivity index (χ4n) is 1.57. The van der Waals surface area contributed by atoms with Crippen LogP contribution in [-0.4, -0.2) is 31.0 Å². The van der Waals surface area contributed by atoms with Crippen LogP contribution < -0.4 is 5.32 Å². The average Bonchev–Trinajstić information content (AvgIpc) is 2.26. The van der Waals surface area contributed by atoms with Crippen LogP contribution in [0.3, 0.4) is 0 Å². The van der Waals surface area contributed by atoms with Gasteiger partial charge in [0.05, 0.1) is 0 Å². The molecule has 14 heavy (non-hydrogen) atoms. The largest absolute Gasteiger partial charge is 0.381 e. The number of amides is 1. The normalized spacial score (nSPS) is 20.4. The van der Waals surface area contributed by atoms with Crippen LogP contribution >= 0.6 is 11.6 Å². The van der Waals surface area contributed by atoms with Crippen molar-refractivity contribution in [3.8, 4) is 0 Å². The second-order valence-electron chi connectivity index (χ2n) is 3.64. The Kier molecular flexibility index (Phi) is 5.26. The number of carbonyl (C=O) groups is 1. The summed E-state index contributed by atoms with van der Waals surface area (Å²) in [5, 5.41) is 2.43. The summed E-state index contributed by atoms with van der Waals surface area (Å²) in [6.07, 6.45) is 2.74. The van der Waals surface area contributed by atoms with E-state index in [0.717, 1.165) is 32.5 Å². The van der Waals surface area contributed by atoms with Gasteiger partial charge < -0.3 is 10.1 Å². The molecule has 0 radical (unpaired) electrons. The molecule has 0 bridgehead atoms. The van der Waals surface area contributed by atoms with Crippen LogP contribution in [-0.2, 0) is 9.53 Å². The van der Waals surface area contributed by atoms with E-state index in [1.165, 1.54) is 0 Å². The molecule has 1 amide bonds. The lowest BCUT2D eigenvalue weighted by Gasteiger charge is -2.25. The summed E-state index contributed by atoms with van der Waals surface area (Å²) in [6.45, 7) is 4.20. The quantitative estimate of drug-likeness (QED) is 0.729. The summed E-state index contributed by atoms with van der Waals surface area (Å²) >= 11 is 6.08. The molecular formula is C10H18ClNO2. The lowest BCUT2D eigenvalue weighted by Crippen LogP contribution is -2.38. The minimum absolute atomic E-state index is 0.0274. The lowest BCUT2D eigenvalue weighted by molar-refractivity contribution is -0.122. The first-order valence-corrected chi connectivity index (χ1v) is 5.69. The molecule has 1 atom stereocenters. The van der Waals surface area contributed by atoms with Crippen LogP contribution in [0.1, 0.15) is 26.2 Å². The first-order chi connectivity index (χ1) is 6.75. The van der Waals surface area contributed by atoms with E-state index < -0.39 is 0 Å². The Hall–Kier alpha value is -0.280. The zero-order chi connectivity index (χ0) is 10.4. The number of hydrogen-bond donors (Lipinski definition) is 1. The lowest BCUT2D eigenvalue weighted by atomic mass is 9.96. The van der Waals surface area contributed by atoms with Crippen LogP contribution in [0.2, 0.25) is 0 Å². The molecular weight excluding hydrogens is 202 g/mol. The first-order valence-electron chi connectivity index (χ1n) is 5.25. The Labute approximate surface area is 90.1 Å². The standard InChI is InChI=1S/C10H18ClNO2/c1-2-5-12-10(13)9(11)8-3-6-14-7-4-8/h8-9H,2-7H2,1H3,(H,12,13). The second kappa shape index (κ2) is 6.25. The van der Waals surface area contributed by atoms with Crippen molar-refractivity contribution in [1.82, 2.24) is 5.32 Å². The van der Waals surface area contributed by atoms with Gasteiger partial charge in [0.2, 0.25) is 5.91 Å². The van der Waals surface area contributed by atoms with Gasteiger partial charge in [0, 0.05) is 19.8 Å². The highest BCUT2D eigenvalue weighted by Gasteiger charge is 2.27. The van der Waals surface area contributed by atoms with Gasteiger partial charge in [-0.15, -0.1) is 11.6 Å². The molecule has 1 saturated heterocycles. The number of halogens is 1. The SMILES string of the molecule is CCCNC(=O)C(Cl)C1CCOCC1. The van der Waals surface area contributed by atoms with Crippen LogP contribution in [0.5, 0.6) is 0 Å². The maximum Gasteiger partial charge on any atom is 0.238 e. The topological polar surface area (TPSA) is 38.3 Å². The van der Waals surface area contributed by atoms with E-state index >= 15 is 0 Å². The third-order valence-corrected chi connectivity index (χ3v) is 3.03. The molecule has 4 heteroatoms. The maximum atomic E-state index is 11.5. The molecule has 0 aliphatic carbocycles. The molecule has 1 N–H and O–H groups in total.